The van der Waals surface area contributed by atoms with E-state index in [1.807, 2.05) is 0 Å². The second kappa shape index (κ2) is 2.62. The summed E-state index contributed by atoms with van der Waals surface area (Å²) in [7, 11) is 0. The maximum Gasteiger partial charge on any atom is 0.0667 e. The summed E-state index contributed by atoms with van der Waals surface area (Å²) < 4.78 is 0. The summed E-state index contributed by atoms with van der Waals surface area (Å²) in [5.74, 6) is 0. The Kier molecular flexibility index (Phi) is 1.93. The first-order chi connectivity index (χ1) is 5.52. The van der Waals surface area contributed by atoms with Gasteiger partial charge in [-0.15, -0.1) is 11.6 Å². The predicted octanol–water partition coefficient (Wildman–Crippen LogP) is 2.70. The lowest BCUT2D eigenvalue weighted by Crippen LogP contribution is -2.47. The average molecular weight is 189 g/mol. The fourth-order valence-electron chi connectivity index (χ4n) is 3.18. The van der Waals surface area contributed by atoms with Gasteiger partial charge in [0.25, 0.3) is 0 Å². The highest BCUT2D eigenvalue weighted by molar-refractivity contribution is 6.20. The Morgan fingerprint density at radius 3 is 2.75 bits per heavy atom. The van der Waals surface area contributed by atoms with Crippen LogP contribution in [0.4, 0.5) is 0 Å². The van der Waals surface area contributed by atoms with Gasteiger partial charge in [-0.05, 0) is 37.5 Å². The number of aliphatic hydroxyl groups is 1. The topological polar surface area (TPSA) is 20.2 Å². The van der Waals surface area contributed by atoms with Crippen molar-refractivity contribution in [1.29, 1.82) is 0 Å². The van der Waals surface area contributed by atoms with Crippen LogP contribution in [-0.4, -0.2) is 16.1 Å². The maximum absolute atomic E-state index is 10.2. The first kappa shape index (κ1) is 8.83. The van der Waals surface area contributed by atoms with Crippen LogP contribution in [0.25, 0.3) is 0 Å². The van der Waals surface area contributed by atoms with E-state index >= 15 is 0 Å². The number of fused-ring (bicyclic) bond motifs is 2. The van der Waals surface area contributed by atoms with E-state index in [9.17, 15) is 5.11 Å². The molecule has 2 heteroatoms. The largest absolute Gasteiger partial charge is 0.390 e. The first-order valence-corrected chi connectivity index (χ1v) is 5.32. The molecule has 2 fully saturated rings. The first-order valence-electron chi connectivity index (χ1n) is 4.88. The van der Waals surface area contributed by atoms with Crippen molar-refractivity contribution in [2.45, 2.75) is 56.4 Å². The molecule has 0 aromatic heterocycles. The molecule has 70 valence electrons. The Morgan fingerprint density at radius 2 is 2.08 bits per heavy atom. The Balaban J connectivity index is 2.19. The van der Waals surface area contributed by atoms with E-state index in [0.29, 0.717) is 5.41 Å². The highest BCUT2D eigenvalue weighted by atomic mass is 35.5. The molecule has 0 amide bonds. The summed E-state index contributed by atoms with van der Waals surface area (Å²) in [5.41, 5.74) is -0.0880. The van der Waals surface area contributed by atoms with Crippen molar-refractivity contribution in [1.82, 2.24) is 0 Å². The minimum absolute atomic E-state index is 0.203. The summed E-state index contributed by atoms with van der Waals surface area (Å²) in [4.78, 5) is 0. The molecule has 2 aliphatic rings. The summed E-state index contributed by atoms with van der Waals surface area (Å²) in [6.45, 7) is 2.27. The fourth-order valence-corrected chi connectivity index (χ4v) is 3.84. The molecule has 3 atom stereocenters. The molecule has 0 heterocycles. The normalized spacial score (nSPS) is 53.8. The molecular formula is C10H17ClO. The van der Waals surface area contributed by atoms with E-state index in [1.54, 1.807) is 0 Å². The minimum Gasteiger partial charge on any atom is -0.390 e. The maximum atomic E-state index is 10.2. The van der Waals surface area contributed by atoms with Gasteiger partial charge < -0.3 is 5.11 Å². The summed E-state index contributed by atoms with van der Waals surface area (Å²) in [5, 5.41) is 10.4. The SMILES string of the molecule is C[C@@]12CCC[C@@](O)(C[C@@H](Cl)C1)C2. The quantitative estimate of drug-likeness (QED) is 0.580. The van der Waals surface area contributed by atoms with Crippen LogP contribution in [0.1, 0.15) is 45.4 Å². The monoisotopic (exact) mass is 188 g/mol. The molecule has 2 aliphatic carbocycles. The van der Waals surface area contributed by atoms with Gasteiger partial charge in [0.1, 0.15) is 0 Å². The summed E-state index contributed by atoms with van der Waals surface area (Å²) >= 11 is 6.14. The molecule has 1 N–H and O–H groups in total. The summed E-state index contributed by atoms with van der Waals surface area (Å²) in [6.07, 6.45) is 6.27. The smallest absolute Gasteiger partial charge is 0.0667 e. The van der Waals surface area contributed by atoms with Crippen LogP contribution >= 0.6 is 11.6 Å². The fraction of sp³-hybridized carbons (Fsp3) is 1.00. The van der Waals surface area contributed by atoms with Gasteiger partial charge in [0, 0.05) is 5.38 Å². The number of halogens is 1. The van der Waals surface area contributed by atoms with Crippen molar-refractivity contribution in [2.24, 2.45) is 5.41 Å². The molecule has 0 radical (unpaired) electrons. The lowest BCUT2D eigenvalue weighted by Gasteiger charge is -2.49. The molecular weight excluding hydrogens is 172 g/mol. The van der Waals surface area contributed by atoms with Crippen LogP contribution in [-0.2, 0) is 0 Å². The van der Waals surface area contributed by atoms with Crippen molar-refractivity contribution >= 4 is 11.6 Å². The van der Waals surface area contributed by atoms with E-state index in [0.717, 1.165) is 25.7 Å². The van der Waals surface area contributed by atoms with E-state index in [2.05, 4.69) is 6.92 Å². The van der Waals surface area contributed by atoms with Crippen molar-refractivity contribution < 1.29 is 5.11 Å². The third-order valence-electron chi connectivity index (χ3n) is 3.49. The van der Waals surface area contributed by atoms with Gasteiger partial charge in [-0.1, -0.05) is 13.3 Å². The van der Waals surface area contributed by atoms with E-state index in [1.165, 1.54) is 12.8 Å². The van der Waals surface area contributed by atoms with Crippen LogP contribution in [0.5, 0.6) is 0 Å². The van der Waals surface area contributed by atoms with Crippen LogP contribution in [0, 0.1) is 5.41 Å². The van der Waals surface area contributed by atoms with Gasteiger partial charge in [-0.3, -0.25) is 0 Å². The minimum atomic E-state index is -0.419. The summed E-state index contributed by atoms with van der Waals surface area (Å²) in [6, 6.07) is 0. The second-order valence-corrected chi connectivity index (χ2v) is 5.69. The van der Waals surface area contributed by atoms with Gasteiger partial charge in [0.15, 0.2) is 0 Å². The van der Waals surface area contributed by atoms with E-state index < -0.39 is 5.60 Å². The average Bonchev–Trinajstić information content (AvgIpc) is 1.79. The number of alkyl halides is 1. The number of hydrogen-bond acceptors (Lipinski definition) is 1. The van der Waals surface area contributed by atoms with Gasteiger partial charge >= 0.3 is 0 Å². The molecule has 1 nitrogen and oxygen atoms in total. The van der Waals surface area contributed by atoms with Gasteiger partial charge in [-0.2, -0.15) is 0 Å². The molecule has 2 rings (SSSR count). The Bertz CT molecular complexity index is 176. The lowest BCUT2D eigenvalue weighted by molar-refractivity contribution is -0.0778. The molecule has 0 spiro atoms. The highest BCUT2D eigenvalue weighted by Crippen LogP contribution is 2.51. The zero-order valence-electron chi connectivity index (χ0n) is 7.65. The van der Waals surface area contributed by atoms with Crippen LogP contribution in [0.15, 0.2) is 0 Å². The molecule has 0 aromatic carbocycles. The zero-order chi connectivity index (χ0) is 8.82. The molecule has 12 heavy (non-hydrogen) atoms. The molecule has 0 aliphatic heterocycles. The van der Waals surface area contributed by atoms with Crippen molar-refractivity contribution in [3.8, 4) is 0 Å². The Morgan fingerprint density at radius 1 is 1.33 bits per heavy atom. The standard InChI is InChI=1S/C10H17ClO/c1-9-3-2-4-10(12,7-9)6-8(11)5-9/h8,12H,2-7H2,1H3/t8-,9+,10+/m0/s1. The third-order valence-corrected chi connectivity index (χ3v) is 3.80. The molecule has 0 aromatic rings. The van der Waals surface area contributed by atoms with Crippen molar-refractivity contribution in [3.63, 3.8) is 0 Å². The Hall–Kier alpha value is 0.250. The van der Waals surface area contributed by atoms with Gasteiger partial charge in [0.2, 0.25) is 0 Å². The number of hydrogen-bond donors (Lipinski definition) is 1. The van der Waals surface area contributed by atoms with Crippen molar-refractivity contribution in [2.75, 3.05) is 0 Å². The third kappa shape index (κ3) is 1.49. The second-order valence-electron chi connectivity index (χ2n) is 5.07. The van der Waals surface area contributed by atoms with Crippen LogP contribution < -0.4 is 0 Å². The predicted molar refractivity (Wildman–Crippen MR) is 50.4 cm³/mol. The number of rotatable bonds is 0. The highest BCUT2D eigenvalue weighted by Gasteiger charge is 2.47. The van der Waals surface area contributed by atoms with Gasteiger partial charge in [0.05, 0.1) is 5.60 Å². The van der Waals surface area contributed by atoms with E-state index in [-0.39, 0.29) is 5.38 Å². The van der Waals surface area contributed by atoms with Crippen molar-refractivity contribution in [3.05, 3.63) is 0 Å². The zero-order valence-corrected chi connectivity index (χ0v) is 8.40. The lowest BCUT2D eigenvalue weighted by atomic mass is 9.61. The molecule has 0 unspecified atom stereocenters. The molecule has 0 saturated heterocycles. The molecule has 2 bridgehead atoms. The van der Waals surface area contributed by atoms with Crippen LogP contribution in [0.3, 0.4) is 0 Å². The van der Waals surface area contributed by atoms with Crippen LogP contribution in [0.2, 0.25) is 0 Å². The van der Waals surface area contributed by atoms with E-state index in [4.69, 9.17) is 11.6 Å². The van der Waals surface area contributed by atoms with Gasteiger partial charge in [-0.25, -0.2) is 0 Å². The molecule has 2 saturated carbocycles. The Labute approximate surface area is 79.1 Å².